The smallest absolute Gasteiger partial charge is 0.299 e. The molecule has 2 aromatic rings. The van der Waals surface area contributed by atoms with Gasteiger partial charge in [-0.05, 0) is 24.3 Å². The Balaban J connectivity index is 2.21. The van der Waals surface area contributed by atoms with Gasteiger partial charge in [-0.2, -0.15) is 8.42 Å². The van der Waals surface area contributed by atoms with Crippen molar-refractivity contribution in [3.8, 4) is 5.75 Å². The average molecular weight is 384 g/mol. The highest BCUT2D eigenvalue weighted by molar-refractivity contribution is 7.92. The van der Waals surface area contributed by atoms with Crippen LogP contribution in [0.3, 0.4) is 0 Å². The predicted octanol–water partition coefficient (Wildman–Crippen LogP) is 1.44. The first-order chi connectivity index (χ1) is 11.7. The Labute approximate surface area is 146 Å². The number of hydrogen-bond donors (Lipinski definition) is 0. The van der Waals surface area contributed by atoms with E-state index in [-0.39, 0.29) is 12.9 Å². The van der Waals surface area contributed by atoms with E-state index in [2.05, 4.69) is 0 Å². The summed E-state index contributed by atoms with van der Waals surface area (Å²) in [6.07, 6.45) is -0.251. The average Bonchev–Trinajstić information content (AvgIpc) is 2.58. The summed E-state index contributed by atoms with van der Waals surface area (Å²) >= 11 is 0. The van der Waals surface area contributed by atoms with Gasteiger partial charge in [0, 0.05) is 6.26 Å². The SMILES string of the molecule is CS(=O)(=O)c1ccccc1S(=O)(=O)OC(C=O)COc1ccccc1. The fourth-order valence-electron chi connectivity index (χ4n) is 1.96. The first-order valence-corrected chi connectivity index (χ1v) is 10.4. The number of sulfone groups is 1. The third-order valence-corrected chi connectivity index (χ3v) is 5.76. The van der Waals surface area contributed by atoms with Crippen molar-refractivity contribution in [2.24, 2.45) is 0 Å². The minimum atomic E-state index is -4.48. The summed E-state index contributed by atoms with van der Waals surface area (Å²) in [6, 6.07) is 13.5. The molecule has 9 heteroatoms. The number of hydrogen-bond acceptors (Lipinski definition) is 7. The van der Waals surface area contributed by atoms with Gasteiger partial charge in [0.25, 0.3) is 10.1 Å². The second kappa shape index (κ2) is 7.77. The van der Waals surface area contributed by atoms with E-state index in [1.807, 2.05) is 0 Å². The van der Waals surface area contributed by atoms with E-state index in [4.69, 9.17) is 8.92 Å². The number of ether oxygens (including phenoxy) is 1. The lowest BCUT2D eigenvalue weighted by Gasteiger charge is -2.14. The van der Waals surface area contributed by atoms with Gasteiger partial charge in [0.2, 0.25) is 0 Å². The van der Waals surface area contributed by atoms with Crippen molar-refractivity contribution in [3.63, 3.8) is 0 Å². The fourth-order valence-corrected chi connectivity index (χ4v) is 4.57. The van der Waals surface area contributed by atoms with Crippen LogP contribution in [0.5, 0.6) is 5.75 Å². The minimum absolute atomic E-state index is 0.281. The lowest BCUT2D eigenvalue weighted by molar-refractivity contribution is -0.114. The van der Waals surface area contributed by atoms with E-state index in [0.29, 0.717) is 5.75 Å². The van der Waals surface area contributed by atoms with Crippen LogP contribution in [0, 0.1) is 0 Å². The predicted molar refractivity (Wildman–Crippen MR) is 89.6 cm³/mol. The van der Waals surface area contributed by atoms with E-state index >= 15 is 0 Å². The van der Waals surface area contributed by atoms with Crippen molar-refractivity contribution in [2.45, 2.75) is 15.9 Å². The summed E-state index contributed by atoms with van der Waals surface area (Å²) < 4.78 is 58.4. The van der Waals surface area contributed by atoms with Crippen molar-refractivity contribution < 1.29 is 30.6 Å². The summed E-state index contributed by atoms with van der Waals surface area (Å²) in [4.78, 5) is 10.2. The lowest BCUT2D eigenvalue weighted by Crippen LogP contribution is -2.27. The largest absolute Gasteiger partial charge is 0.490 e. The molecule has 1 atom stereocenters. The maximum atomic E-state index is 12.4. The second-order valence-corrected chi connectivity index (χ2v) is 8.59. The molecular weight excluding hydrogens is 368 g/mol. The molecule has 0 saturated carbocycles. The van der Waals surface area contributed by atoms with E-state index in [0.717, 1.165) is 18.4 Å². The van der Waals surface area contributed by atoms with Crippen LogP contribution < -0.4 is 4.74 Å². The van der Waals surface area contributed by atoms with Gasteiger partial charge >= 0.3 is 0 Å². The highest BCUT2D eigenvalue weighted by atomic mass is 32.2. The third-order valence-electron chi connectivity index (χ3n) is 3.08. The van der Waals surface area contributed by atoms with Crippen LogP contribution >= 0.6 is 0 Å². The van der Waals surface area contributed by atoms with Crippen molar-refractivity contribution >= 4 is 26.2 Å². The number of aldehydes is 1. The highest BCUT2D eigenvalue weighted by Crippen LogP contribution is 2.23. The zero-order valence-electron chi connectivity index (χ0n) is 13.2. The molecule has 0 saturated heterocycles. The molecule has 25 heavy (non-hydrogen) atoms. The van der Waals surface area contributed by atoms with Crippen molar-refractivity contribution in [3.05, 3.63) is 54.6 Å². The highest BCUT2D eigenvalue weighted by Gasteiger charge is 2.27. The van der Waals surface area contributed by atoms with Gasteiger partial charge in [-0.1, -0.05) is 30.3 Å². The van der Waals surface area contributed by atoms with Gasteiger partial charge in [-0.25, -0.2) is 8.42 Å². The van der Waals surface area contributed by atoms with Gasteiger partial charge in [0.1, 0.15) is 17.3 Å². The molecule has 0 amide bonds. The molecule has 0 heterocycles. The Bertz CT molecular complexity index is 935. The summed E-state index contributed by atoms with van der Waals surface area (Å²) in [7, 11) is -8.27. The van der Waals surface area contributed by atoms with Crippen molar-refractivity contribution in [1.29, 1.82) is 0 Å². The van der Waals surface area contributed by atoms with Gasteiger partial charge in [0.05, 0.1) is 4.90 Å². The lowest BCUT2D eigenvalue weighted by atomic mass is 10.3. The Hall–Kier alpha value is -2.23. The van der Waals surface area contributed by atoms with E-state index in [1.54, 1.807) is 30.3 Å². The van der Waals surface area contributed by atoms with Crippen LogP contribution in [0.1, 0.15) is 0 Å². The molecule has 0 N–H and O–H groups in total. The van der Waals surface area contributed by atoms with Gasteiger partial charge in [-0.15, -0.1) is 0 Å². The van der Waals surface area contributed by atoms with E-state index in [9.17, 15) is 21.6 Å². The van der Waals surface area contributed by atoms with Crippen LogP contribution in [0.25, 0.3) is 0 Å². The minimum Gasteiger partial charge on any atom is -0.490 e. The quantitative estimate of drug-likeness (QED) is 0.501. The topological polar surface area (TPSA) is 104 Å². The van der Waals surface area contributed by atoms with E-state index in [1.165, 1.54) is 12.1 Å². The molecule has 7 nitrogen and oxygen atoms in total. The molecule has 2 rings (SSSR count). The monoisotopic (exact) mass is 384 g/mol. The molecule has 0 radical (unpaired) electrons. The second-order valence-electron chi connectivity index (χ2n) is 5.07. The Morgan fingerprint density at radius 3 is 2.04 bits per heavy atom. The first-order valence-electron chi connectivity index (χ1n) is 7.09. The van der Waals surface area contributed by atoms with Gasteiger partial charge < -0.3 is 9.53 Å². The van der Waals surface area contributed by atoms with Gasteiger partial charge in [-0.3, -0.25) is 4.18 Å². The molecule has 0 aliphatic carbocycles. The molecule has 1 unspecified atom stereocenters. The van der Waals surface area contributed by atoms with E-state index < -0.39 is 35.9 Å². The normalized spacial score (nSPS) is 13.2. The summed E-state index contributed by atoms with van der Waals surface area (Å²) in [6.45, 7) is -0.339. The number of carbonyl (C=O) groups is 1. The summed E-state index contributed by atoms with van der Waals surface area (Å²) in [5.74, 6) is 0.437. The molecule has 0 aliphatic heterocycles. The molecule has 0 aromatic heterocycles. The number of para-hydroxylation sites is 1. The maximum absolute atomic E-state index is 12.4. The van der Waals surface area contributed by atoms with Crippen molar-refractivity contribution in [2.75, 3.05) is 12.9 Å². The van der Waals surface area contributed by atoms with Crippen LogP contribution in [-0.4, -0.2) is 42.1 Å². The van der Waals surface area contributed by atoms with Crippen molar-refractivity contribution in [1.82, 2.24) is 0 Å². The molecule has 0 spiro atoms. The molecule has 0 aliphatic rings. The molecule has 2 aromatic carbocycles. The first kappa shape index (κ1) is 19.1. The zero-order valence-corrected chi connectivity index (χ0v) is 14.9. The van der Waals surface area contributed by atoms with Crippen LogP contribution in [0.2, 0.25) is 0 Å². The Morgan fingerprint density at radius 2 is 1.48 bits per heavy atom. The molecule has 0 fully saturated rings. The number of benzene rings is 2. The summed E-state index contributed by atoms with van der Waals surface area (Å²) in [5.41, 5.74) is 0. The number of carbonyl (C=O) groups excluding carboxylic acids is 1. The molecular formula is C16H16O7S2. The maximum Gasteiger partial charge on any atom is 0.299 e. The summed E-state index contributed by atoms with van der Waals surface area (Å²) in [5, 5.41) is 0. The molecule has 134 valence electrons. The standard InChI is InChI=1S/C16H16O7S2/c1-24(18,19)15-9-5-6-10-16(15)25(20,21)23-14(11-17)12-22-13-7-3-2-4-8-13/h2-11,14H,12H2,1H3. The third kappa shape index (κ3) is 5.12. The fraction of sp³-hybridized carbons (Fsp3) is 0.188. The van der Waals surface area contributed by atoms with Crippen LogP contribution in [-0.2, 0) is 28.9 Å². The van der Waals surface area contributed by atoms with Gasteiger partial charge in [0.15, 0.2) is 22.2 Å². The Kier molecular flexibility index (Phi) is 5.93. The van der Waals surface area contributed by atoms with Crippen LogP contribution in [0.15, 0.2) is 64.4 Å². The number of rotatable bonds is 8. The zero-order chi connectivity index (χ0) is 18.5. The van der Waals surface area contributed by atoms with Crippen LogP contribution in [0.4, 0.5) is 0 Å². The Morgan fingerprint density at radius 1 is 0.920 bits per heavy atom. The molecule has 0 bridgehead atoms.